The van der Waals surface area contributed by atoms with Crippen LogP contribution in [-0.4, -0.2) is 52.0 Å². The summed E-state index contributed by atoms with van der Waals surface area (Å²) in [6, 6.07) is 0.496. The van der Waals surface area contributed by atoms with Gasteiger partial charge in [-0.15, -0.1) is 24.0 Å². The van der Waals surface area contributed by atoms with Gasteiger partial charge in [-0.25, -0.2) is 0 Å². The molecule has 0 radical (unpaired) electrons. The molecule has 0 amide bonds. The molecule has 1 spiro atoms. The molecule has 2 rings (SSSR count). The Morgan fingerprint density at radius 3 is 2.62 bits per heavy atom. The second-order valence-electron chi connectivity index (χ2n) is 5.81. The maximum Gasteiger partial charge on any atom is 0.191 e. The minimum Gasteiger partial charge on any atom is -0.383 e. The highest BCUT2D eigenvalue weighted by Crippen LogP contribution is 2.54. The monoisotopic (exact) mass is 411 g/mol. The normalized spacial score (nSPS) is 27.1. The third kappa shape index (κ3) is 4.22. The van der Waals surface area contributed by atoms with E-state index in [0.29, 0.717) is 24.2 Å². The summed E-state index contributed by atoms with van der Waals surface area (Å²) in [5, 5.41) is 6.88. The molecule has 0 bridgehead atoms. The quantitative estimate of drug-likeness (QED) is 0.305. The van der Waals surface area contributed by atoms with E-state index in [1.807, 2.05) is 7.05 Å². The first-order chi connectivity index (χ1) is 9.76. The van der Waals surface area contributed by atoms with Crippen molar-refractivity contribution in [2.24, 2.45) is 10.4 Å². The van der Waals surface area contributed by atoms with Crippen LogP contribution in [-0.2, 0) is 9.47 Å². The number of nitrogens with one attached hydrogen (secondary N) is 2. The van der Waals surface area contributed by atoms with Crippen LogP contribution in [0.4, 0.5) is 0 Å². The molecule has 2 unspecified atom stereocenters. The van der Waals surface area contributed by atoms with Gasteiger partial charge in [0.05, 0.1) is 12.7 Å². The fourth-order valence-corrected chi connectivity index (χ4v) is 3.72. The third-order valence-electron chi connectivity index (χ3n) is 4.82. The molecule has 0 heterocycles. The van der Waals surface area contributed by atoms with Crippen molar-refractivity contribution in [3.05, 3.63) is 0 Å². The molecule has 0 aliphatic heterocycles. The Hall–Kier alpha value is -0.0800. The summed E-state index contributed by atoms with van der Waals surface area (Å²) in [7, 11) is 3.53. The van der Waals surface area contributed by atoms with E-state index in [1.54, 1.807) is 7.11 Å². The standard InChI is InChI=1S/C15H29N3O2.HI/c1-4-20-13-11-12(15(13)7-5-6-8-15)18-14(16-2)17-9-10-19-3;/h12-13H,4-11H2,1-3H3,(H2,16,17,18);1H. The molecule has 124 valence electrons. The van der Waals surface area contributed by atoms with Crippen molar-refractivity contribution in [2.45, 2.75) is 51.2 Å². The molecule has 2 atom stereocenters. The predicted molar refractivity (Wildman–Crippen MR) is 96.5 cm³/mol. The van der Waals surface area contributed by atoms with Gasteiger partial charge in [-0.1, -0.05) is 12.8 Å². The van der Waals surface area contributed by atoms with E-state index >= 15 is 0 Å². The van der Waals surface area contributed by atoms with Crippen molar-refractivity contribution >= 4 is 29.9 Å². The highest BCUT2D eigenvalue weighted by molar-refractivity contribution is 14.0. The van der Waals surface area contributed by atoms with Crippen LogP contribution < -0.4 is 10.6 Å². The molecule has 2 fully saturated rings. The van der Waals surface area contributed by atoms with Crippen LogP contribution in [0.25, 0.3) is 0 Å². The fourth-order valence-electron chi connectivity index (χ4n) is 3.72. The molecule has 0 aromatic rings. The zero-order valence-corrected chi connectivity index (χ0v) is 15.8. The summed E-state index contributed by atoms with van der Waals surface area (Å²) < 4.78 is 11.0. The lowest BCUT2D eigenvalue weighted by atomic mass is 9.60. The number of methoxy groups -OCH3 is 1. The summed E-state index contributed by atoms with van der Waals surface area (Å²) >= 11 is 0. The molecule has 2 N–H and O–H groups in total. The molecule has 0 aromatic carbocycles. The number of rotatable bonds is 6. The first kappa shape index (κ1) is 19.0. The number of hydrogen-bond acceptors (Lipinski definition) is 3. The number of hydrogen-bond donors (Lipinski definition) is 2. The maximum absolute atomic E-state index is 5.94. The molecule has 21 heavy (non-hydrogen) atoms. The van der Waals surface area contributed by atoms with Gasteiger partial charge in [0.2, 0.25) is 0 Å². The highest BCUT2D eigenvalue weighted by Gasteiger charge is 2.56. The minimum absolute atomic E-state index is 0. The van der Waals surface area contributed by atoms with Crippen molar-refractivity contribution < 1.29 is 9.47 Å². The predicted octanol–water partition coefficient (Wildman–Crippen LogP) is 2.15. The van der Waals surface area contributed by atoms with Gasteiger partial charge in [0, 0.05) is 38.8 Å². The van der Waals surface area contributed by atoms with E-state index < -0.39 is 0 Å². The van der Waals surface area contributed by atoms with Crippen LogP contribution in [0.3, 0.4) is 0 Å². The van der Waals surface area contributed by atoms with Crippen LogP contribution in [0, 0.1) is 5.41 Å². The lowest BCUT2D eigenvalue weighted by Gasteiger charge is -2.54. The van der Waals surface area contributed by atoms with Crippen molar-refractivity contribution in [1.82, 2.24) is 10.6 Å². The average Bonchev–Trinajstić information content (AvgIpc) is 2.97. The molecule has 6 heteroatoms. The second kappa shape index (κ2) is 9.15. The van der Waals surface area contributed by atoms with Gasteiger partial charge in [0.25, 0.3) is 0 Å². The minimum atomic E-state index is 0. The van der Waals surface area contributed by atoms with Crippen LogP contribution in [0.1, 0.15) is 39.0 Å². The molecule has 2 aliphatic carbocycles. The number of guanidine groups is 1. The van der Waals surface area contributed by atoms with E-state index in [2.05, 4.69) is 22.5 Å². The van der Waals surface area contributed by atoms with E-state index in [-0.39, 0.29) is 24.0 Å². The van der Waals surface area contributed by atoms with E-state index in [4.69, 9.17) is 9.47 Å². The number of aliphatic imine (C=N–C) groups is 1. The Balaban J connectivity index is 0.00000220. The van der Waals surface area contributed by atoms with Crippen LogP contribution in [0.15, 0.2) is 4.99 Å². The van der Waals surface area contributed by atoms with Crippen LogP contribution >= 0.6 is 24.0 Å². The SMILES string of the molecule is CCOC1CC(NC(=NC)NCCOC)C12CCCC2.I. The van der Waals surface area contributed by atoms with E-state index in [9.17, 15) is 0 Å². The zero-order valence-electron chi connectivity index (χ0n) is 13.5. The first-order valence-corrected chi connectivity index (χ1v) is 7.84. The maximum atomic E-state index is 5.94. The summed E-state index contributed by atoms with van der Waals surface area (Å²) in [4.78, 5) is 4.31. The van der Waals surface area contributed by atoms with Gasteiger partial charge in [0.15, 0.2) is 5.96 Å². The van der Waals surface area contributed by atoms with Crippen molar-refractivity contribution in [3.63, 3.8) is 0 Å². The first-order valence-electron chi connectivity index (χ1n) is 7.84. The van der Waals surface area contributed by atoms with E-state index in [1.165, 1.54) is 25.7 Å². The van der Waals surface area contributed by atoms with E-state index in [0.717, 1.165) is 25.5 Å². The Morgan fingerprint density at radius 2 is 2.05 bits per heavy atom. The molecule has 0 aromatic heterocycles. The average molecular weight is 411 g/mol. The van der Waals surface area contributed by atoms with Gasteiger partial charge >= 0.3 is 0 Å². The van der Waals surface area contributed by atoms with Gasteiger partial charge in [-0.2, -0.15) is 0 Å². The van der Waals surface area contributed by atoms with Crippen molar-refractivity contribution in [3.8, 4) is 0 Å². The summed E-state index contributed by atoms with van der Waals surface area (Å²) in [5.74, 6) is 0.883. The third-order valence-corrected chi connectivity index (χ3v) is 4.82. The molecule has 0 saturated heterocycles. The molecular weight excluding hydrogens is 381 g/mol. The van der Waals surface area contributed by atoms with Crippen molar-refractivity contribution in [2.75, 3.05) is 33.9 Å². The Labute approximate surface area is 145 Å². The number of halogens is 1. The van der Waals surface area contributed by atoms with Gasteiger partial charge in [-0.3, -0.25) is 4.99 Å². The van der Waals surface area contributed by atoms with Gasteiger partial charge in [0.1, 0.15) is 0 Å². The smallest absolute Gasteiger partial charge is 0.191 e. The lowest BCUT2D eigenvalue weighted by molar-refractivity contribution is -0.125. The Bertz CT molecular complexity index is 333. The van der Waals surface area contributed by atoms with Gasteiger partial charge < -0.3 is 20.1 Å². The lowest BCUT2D eigenvalue weighted by Crippen LogP contribution is -2.65. The zero-order chi connectivity index (χ0) is 14.4. The molecule has 5 nitrogen and oxygen atoms in total. The molecular formula is C15H30IN3O2. The number of ether oxygens (including phenoxy) is 2. The van der Waals surface area contributed by atoms with Crippen LogP contribution in [0.2, 0.25) is 0 Å². The molecule has 2 saturated carbocycles. The van der Waals surface area contributed by atoms with Crippen LogP contribution in [0.5, 0.6) is 0 Å². The van der Waals surface area contributed by atoms with Crippen molar-refractivity contribution in [1.29, 1.82) is 0 Å². The fraction of sp³-hybridized carbons (Fsp3) is 0.933. The summed E-state index contributed by atoms with van der Waals surface area (Å²) in [5.41, 5.74) is 0.342. The van der Waals surface area contributed by atoms with Gasteiger partial charge in [-0.05, 0) is 26.2 Å². The molecule has 2 aliphatic rings. The summed E-state index contributed by atoms with van der Waals surface area (Å²) in [6.45, 7) is 4.39. The largest absolute Gasteiger partial charge is 0.383 e. The summed E-state index contributed by atoms with van der Waals surface area (Å²) in [6.07, 6.45) is 6.76. The second-order valence-corrected chi connectivity index (χ2v) is 5.81. The Kier molecular flexibility index (Phi) is 8.26. The Morgan fingerprint density at radius 1 is 1.33 bits per heavy atom. The highest BCUT2D eigenvalue weighted by atomic mass is 127. The topological polar surface area (TPSA) is 54.9 Å². The number of nitrogens with zero attached hydrogens (tertiary/aromatic N) is 1.